The van der Waals surface area contributed by atoms with Gasteiger partial charge >= 0.3 is 0 Å². The summed E-state index contributed by atoms with van der Waals surface area (Å²) in [5.41, 5.74) is 0. The summed E-state index contributed by atoms with van der Waals surface area (Å²) < 4.78 is 0.934. The Labute approximate surface area is 83.0 Å². The number of Topliss-reactive ketones (excluding diaryl/α,β-unsaturated/α-hetero) is 1. The molecule has 0 spiro atoms. The van der Waals surface area contributed by atoms with E-state index >= 15 is 0 Å². The van der Waals surface area contributed by atoms with Crippen LogP contribution < -0.4 is 5.32 Å². The first-order chi connectivity index (χ1) is 5.70. The number of rotatable bonds is 0. The monoisotopic (exact) mass is 275 g/mol. The van der Waals surface area contributed by atoms with Gasteiger partial charge in [0.05, 0.1) is 12.0 Å². The second-order valence-corrected chi connectivity index (χ2v) is 4.02. The standard InChI is InChI=1S/C8H6INO2/c9-4-2-1-3-5-6(4)7(11)8(12)10-5/h1-3,5-6H,(H,10,12). The van der Waals surface area contributed by atoms with E-state index in [4.69, 9.17) is 0 Å². The van der Waals surface area contributed by atoms with Crippen molar-refractivity contribution in [3.05, 3.63) is 21.8 Å². The topological polar surface area (TPSA) is 46.2 Å². The average molecular weight is 275 g/mol. The van der Waals surface area contributed by atoms with E-state index in [1.54, 1.807) is 0 Å². The molecule has 1 aliphatic carbocycles. The number of carbonyl (C=O) groups is 2. The van der Waals surface area contributed by atoms with Gasteiger partial charge in [-0.25, -0.2) is 0 Å². The Bertz CT molecular complexity index is 317. The second-order valence-electron chi connectivity index (χ2n) is 2.78. The number of allylic oxidation sites excluding steroid dienone is 2. The molecule has 1 fully saturated rings. The van der Waals surface area contributed by atoms with Crippen LogP contribution in [0.3, 0.4) is 0 Å². The van der Waals surface area contributed by atoms with Gasteiger partial charge in [-0.2, -0.15) is 0 Å². The molecule has 62 valence electrons. The molecule has 4 heteroatoms. The maximum atomic E-state index is 11.3. The van der Waals surface area contributed by atoms with Gasteiger partial charge in [0.25, 0.3) is 5.91 Å². The van der Waals surface area contributed by atoms with Gasteiger partial charge in [0.2, 0.25) is 5.78 Å². The molecular formula is C8H6INO2. The van der Waals surface area contributed by atoms with Gasteiger partial charge in [-0.1, -0.05) is 18.2 Å². The minimum absolute atomic E-state index is 0.109. The predicted octanol–water partition coefficient (Wildman–Crippen LogP) is 0.559. The number of nitrogens with one attached hydrogen (secondary N) is 1. The smallest absolute Gasteiger partial charge is 0.288 e. The first-order valence-corrected chi connectivity index (χ1v) is 4.66. The first kappa shape index (κ1) is 7.97. The minimum Gasteiger partial charge on any atom is -0.342 e. The molecule has 0 radical (unpaired) electrons. The molecule has 0 saturated carbocycles. The summed E-state index contributed by atoms with van der Waals surface area (Å²) in [5, 5.41) is 2.62. The highest BCUT2D eigenvalue weighted by Crippen LogP contribution is 2.30. The molecule has 1 N–H and O–H groups in total. The van der Waals surface area contributed by atoms with Crippen molar-refractivity contribution in [1.29, 1.82) is 0 Å². The Hall–Kier alpha value is -0.650. The fourth-order valence-corrected chi connectivity index (χ4v) is 2.31. The third-order valence-corrected chi connectivity index (χ3v) is 3.06. The van der Waals surface area contributed by atoms with Crippen molar-refractivity contribution in [2.75, 3.05) is 0 Å². The van der Waals surface area contributed by atoms with Gasteiger partial charge in [0.1, 0.15) is 0 Å². The van der Waals surface area contributed by atoms with E-state index in [1.165, 1.54) is 0 Å². The number of amides is 1. The van der Waals surface area contributed by atoms with Crippen molar-refractivity contribution in [2.24, 2.45) is 5.92 Å². The second kappa shape index (κ2) is 2.69. The number of halogens is 1. The van der Waals surface area contributed by atoms with Crippen molar-refractivity contribution in [3.63, 3.8) is 0 Å². The fraction of sp³-hybridized carbons (Fsp3) is 0.250. The largest absolute Gasteiger partial charge is 0.342 e. The number of hydrogen-bond acceptors (Lipinski definition) is 2. The summed E-state index contributed by atoms with van der Waals surface area (Å²) >= 11 is 2.10. The van der Waals surface area contributed by atoms with Gasteiger partial charge in [-0.15, -0.1) is 0 Å². The van der Waals surface area contributed by atoms with E-state index in [1.807, 2.05) is 18.2 Å². The molecule has 1 aliphatic heterocycles. The van der Waals surface area contributed by atoms with E-state index in [2.05, 4.69) is 27.9 Å². The number of hydrogen-bond donors (Lipinski definition) is 1. The summed E-state index contributed by atoms with van der Waals surface area (Å²) in [6.07, 6.45) is 5.57. The lowest BCUT2D eigenvalue weighted by Crippen LogP contribution is -2.27. The summed E-state index contributed by atoms with van der Waals surface area (Å²) in [6.45, 7) is 0. The third kappa shape index (κ3) is 1.01. The van der Waals surface area contributed by atoms with Crippen molar-refractivity contribution >= 4 is 34.3 Å². The van der Waals surface area contributed by atoms with E-state index < -0.39 is 5.91 Å². The molecule has 2 rings (SSSR count). The normalized spacial score (nSPS) is 32.9. The van der Waals surface area contributed by atoms with E-state index in [-0.39, 0.29) is 17.7 Å². The highest BCUT2D eigenvalue weighted by atomic mass is 127. The Morgan fingerprint density at radius 2 is 2.17 bits per heavy atom. The molecule has 12 heavy (non-hydrogen) atoms. The van der Waals surface area contributed by atoms with Gasteiger partial charge < -0.3 is 5.32 Å². The van der Waals surface area contributed by atoms with E-state index in [9.17, 15) is 9.59 Å². The molecule has 0 bridgehead atoms. The molecule has 0 aromatic heterocycles. The Kier molecular flexibility index (Phi) is 1.79. The van der Waals surface area contributed by atoms with Crippen LogP contribution in [0.1, 0.15) is 0 Å². The van der Waals surface area contributed by atoms with Crippen LogP contribution in [0.5, 0.6) is 0 Å². The molecular weight excluding hydrogens is 269 g/mol. The van der Waals surface area contributed by atoms with Gasteiger partial charge in [0, 0.05) is 3.58 Å². The Balaban J connectivity index is 2.39. The van der Waals surface area contributed by atoms with Crippen molar-refractivity contribution in [2.45, 2.75) is 6.04 Å². The molecule has 0 aromatic rings. The summed E-state index contributed by atoms with van der Waals surface area (Å²) in [5.74, 6) is -1.03. The molecule has 3 nitrogen and oxygen atoms in total. The first-order valence-electron chi connectivity index (χ1n) is 3.59. The SMILES string of the molecule is O=C1NC2C=CC=C(I)C2C1=O. The minimum atomic E-state index is -0.459. The van der Waals surface area contributed by atoms with Crippen LogP contribution in [-0.4, -0.2) is 17.7 Å². The number of ketones is 1. The molecule has 1 heterocycles. The summed E-state index contributed by atoms with van der Waals surface area (Å²) in [6, 6.07) is -0.109. The molecule has 1 saturated heterocycles. The van der Waals surface area contributed by atoms with Gasteiger partial charge in [0.15, 0.2) is 0 Å². The highest BCUT2D eigenvalue weighted by molar-refractivity contribution is 14.1. The summed E-state index contributed by atoms with van der Waals surface area (Å²) in [7, 11) is 0. The quantitative estimate of drug-likeness (QED) is 0.518. The molecule has 2 unspecified atom stereocenters. The number of fused-ring (bicyclic) bond motifs is 1. The van der Waals surface area contributed by atoms with Crippen LogP contribution in [0.2, 0.25) is 0 Å². The Morgan fingerprint density at radius 1 is 1.42 bits per heavy atom. The average Bonchev–Trinajstić information content (AvgIpc) is 2.29. The molecule has 2 aliphatic rings. The van der Waals surface area contributed by atoms with Gasteiger partial charge in [-0.05, 0) is 22.6 Å². The van der Waals surface area contributed by atoms with Crippen molar-refractivity contribution in [3.8, 4) is 0 Å². The fourth-order valence-electron chi connectivity index (χ4n) is 1.44. The van der Waals surface area contributed by atoms with Crippen molar-refractivity contribution < 1.29 is 9.59 Å². The van der Waals surface area contributed by atoms with Crippen LogP contribution in [-0.2, 0) is 9.59 Å². The van der Waals surface area contributed by atoms with Gasteiger partial charge in [-0.3, -0.25) is 9.59 Å². The van der Waals surface area contributed by atoms with Crippen LogP contribution in [0.15, 0.2) is 21.8 Å². The van der Waals surface area contributed by atoms with Crippen LogP contribution in [0, 0.1) is 5.92 Å². The van der Waals surface area contributed by atoms with Crippen LogP contribution in [0.4, 0.5) is 0 Å². The van der Waals surface area contributed by atoms with Crippen LogP contribution in [0.25, 0.3) is 0 Å². The lowest BCUT2D eigenvalue weighted by Gasteiger charge is -2.15. The third-order valence-electron chi connectivity index (χ3n) is 2.03. The van der Waals surface area contributed by atoms with E-state index in [0.717, 1.165) is 3.58 Å². The molecule has 0 aromatic carbocycles. The zero-order valence-electron chi connectivity index (χ0n) is 6.08. The number of carbonyl (C=O) groups excluding carboxylic acids is 2. The van der Waals surface area contributed by atoms with Crippen LogP contribution >= 0.6 is 22.6 Å². The zero-order chi connectivity index (χ0) is 8.72. The Morgan fingerprint density at radius 3 is 2.83 bits per heavy atom. The van der Waals surface area contributed by atoms with E-state index in [0.29, 0.717) is 0 Å². The maximum absolute atomic E-state index is 11.3. The zero-order valence-corrected chi connectivity index (χ0v) is 8.24. The predicted molar refractivity (Wildman–Crippen MR) is 51.7 cm³/mol. The maximum Gasteiger partial charge on any atom is 0.288 e. The molecule has 1 amide bonds. The highest BCUT2D eigenvalue weighted by Gasteiger charge is 2.41. The molecule has 2 atom stereocenters. The lowest BCUT2D eigenvalue weighted by molar-refractivity contribution is -0.135. The summed E-state index contributed by atoms with van der Waals surface area (Å²) in [4.78, 5) is 22.2. The lowest BCUT2D eigenvalue weighted by atomic mass is 9.95. The van der Waals surface area contributed by atoms with Crippen molar-refractivity contribution in [1.82, 2.24) is 5.32 Å².